The highest BCUT2D eigenvalue weighted by atomic mass is 35.5. The first kappa shape index (κ1) is 24.1. The molecule has 1 aliphatic rings. The van der Waals surface area contributed by atoms with E-state index in [1.165, 1.54) is 37.3 Å². The lowest BCUT2D eigenvalue weighted by atomic mass is 10.2. The molecule has 11 heteroatoms. The van der Waals surface area contributed by atoms with Gasteiger partial charge in [0.2, 0.25) is 12.7 Å². The monoisotopic (exact) mass is 524 g/mol. The van der Waals surface area contributed by atoms with Crippen molar-refractivity contribution in [1.82, 2.24) is 5.32 Å². The lowest BCUT2D eigenvalue weighted by Crippen LogP contribution is -2.48. The van der Waals surface area contributed by atoms with E-state index >= 15 is 0 Å². The molecule has 0 fully saturated rings. The number of carbonyl (C=O) groups is 1. The van der Waals surface area contributed by atoms with Crippen LogP contribution in [0, 0.1) is 5.82 Å². The number of nitrogens with zero attached hydrogens (tertiary/aromatic N) is 1. The quantitative estimate of drug-likeness (QED) is 0.481. The highest BCUT2D eigenvalue weighted by Crippen LogP contribution is 2.33. The number of halogens is 3. The van der Waals surface area contributed by atoms with E-state index < -0.39 is 27.8 Å². The molecule has 0 saturated heterocycles. The largest absolute Gasteiger partial charge is 0.454 e. The third-order valence-electron chi connectivity index (χ3n) is 5.15. The molecule has 1 aliphatic heterocycles. The molecule has 1 N–H and O–H groups in total. The highest BCUT2D eigenvalue weighted by molar-refractivity contribution is 7.93. The van der Waals surface area contributed by atoms with Gasteiger partial charge < -0.3 is 14.8 Å². The van der Waals surface area contributed by atoms with Crippen LogP contribution in [0.1, 0.15) is 12.5 Å². The van der Waals surface area contributed by atoms with Gasteiger partial charge in [-0.05, 0) is 67.1 Å². The van der Waals surface area contributed by atoms with E-state index in [9.17, 15) is 17.6 Å². The van der Waals surface area contributed by atoms with Crippen molar-refractivity contribution >= 4 is 44.8 Å². The van der Waals surface area contributed by atoms with Gasteiger partial charge in [-0.25, -0.2) is 12.8 Å². The highest BCUT2D eigenvalue weighted by Gasteiger charge is 2.35. The Morgan fingerprint density at radius 1 is 1.03 bits per heavy atom. The fraction of sp³-hybridized carbons (Fsp3) is 0.174. The predicted octanol–water partition coefficient (Wildman–Crippen LogP) is 4.76. The Kier molecular flexibility index (Phi) is 6.88. The van der Waals surface area contributed by atoms with Gasteiger partial charge in [0.15, 0.2) is 11.5 Å². The zero-order chi connectivity index (χ0) is 24.5. The average molecular weight is 525 g/mol. The minimum absolute atomic E-state index is 0.0900. The Bertz CT molecular complexity index is 1340. The molecule has 3 aromatic carbocycles. The van der Waals surface area contributed by atoms with Crippen LogP contribution in [0.5, 0.6) is 11.5 Å². The molecular formula is C23H19Cl2FN2O5S. The van der Waals surface area contributed by atoms with Gasteiger partial charge in [-0.1, -0.05) is 29.3 Å². The van der Waals surface area contributed by atoms with Crippen LogP contribution in [0.3, 0.4) is 0 Å². The van der Waals surface area contributed by atoms with E-state index in [1.54, 1.807) is 18.2 Å². The van der Waals surface area contributed by atoms with Crippen molar-refractivity contribution in [2.45, 2.75) is 24.4 Å². The molecule has 4 rings (SSSR count). The first-order valence-corrected chi connectivity index (χ1v) is 12.3. The van der Waals surface area contributed by atoms with Crippen LogP contribution in [0.15, 0.2) is 65.6 Å². The van der Waals surface area contributed by atoms with Crippen LogP contribution >= 0.6 is 23.2 Å². The summed E-state index contributed by atoms with van der Waals surface area (Å²) >= 11 is 11.9. The summed E-state index contributed by atoms with van der Waals surface area (Å²) in [5.74, 6) is -0.347. The van der Waals surface area contributed by atoms with E-state index in [2.05, 4.69) is 5.32 Å². The fourth-order valence-electron chi connectivity index (χ4n) is 3.42. The molecule has 0 saturated carbocycles. The summed E-state index contributed by atoms with van der Waals surface area (Å²) in [5, 5.41) is 3.13. The smallest absolute Gasteiger partial charge is 0.265 e. The number of fused-ring (bicyclic) bond motifs is 1. The predicted molar refractivity (Wildman–Crippen MR) is 126 cm³/mol. The number of amides is 1. The molecule has 0 radical (unpaired) electrons. The van der Waals surface area contributed by atoms with Gasteiger partial charge in [-0.3, -0.25) is 9.10 Å². The molecule has 1 unspecified atom stereocenters. The van der Waals surface area contributed by atoms with Crippen molar-refractivity contribution in [2.75, 3.05) is 11.1 Å². The number of hydrogen-bond donors (Lipinski definition) is 1. The lowest BCUT2D eigenvalue weighted by molar-refractivity contribution is -0.122. The van der Waals surface area contributed by atoms with Gasteiger partial charge in [0.25, 0.3) is 10.0 Å². The first-order valence-electron chi connectivity index (χ1n) is 10.1. The van der Waals surface area contributed by atoms with Crippen molar-refractivity contribution in [2.24, 2.45) is 0 Å². The van der Waals surface area contributed by atoms with Crippen molar-refractivity contribution in [3.63, 3.8) is 0 Å². The number of ether oxygens (including phenoxy) is 2. The summed E-state index contributed by atoms with van der Waals surface area (Å²) in [6, 6.07) is 12.7. The SMILES string of the molecule is CC(C(=O)NCc1ccc2c(c1)OCO2)N(c1cc(Cl)ccc1F)S(=O)(=O)c1ccc(Cl)cc1. The molecule has 3 aromatic rings. The molecule has 178 valence electrons. The first-order chi connectivity index (χ1) is 16.2. The molecule has 0 bridgehead atoms. The number of sulfonamides is 1. The second kappa shape index (κ2) is 9.69. The normalized spacial score (nSPS) is 13.4. The molecule has 0 aromatic heterocycles. The lowest BCUT2D eigenvalue weighted by Gasteiger charge is -2.30. The molecule has 7 nitrogen and oxygen atoms in total. The van der Waals surface area contributed by atoms with E-state index in [4.69, 9.17) is 32.7 Å². The van der Waals surface area contributed by atoms with Crippen molar-refractivity contribution in [3.8, 4) is 11.5 Å². The van der Waals surface area contributed by atoms with Gasteiger partial charge in [0, 0.05) is 16.6 Å². The van der Waals surface area contributed by atoms with E-state index in [1.807, 2.05) is 0 Å². The van der Waals surface area contributed by atoms with E-state index in [0.717, 1.165) is 12.1 Å². The Morgan fingerprint density at radius 3 is 2.44 bits per heavy atom. The zero-order valence-electron chi connectivity index (χ0n) is 17.8. The van der Waals surface area contributed by atoms with Gasteiger partial charge >= 0.3 is 0 Å². The average Bonchev–Trinajstić information content (AvgIpc) is 3.28. The van der Waals surface area contributed by atoms with Gasteiger partial charge in [0.1, 0.15) is 11.9 Å². The van der Waals surface area contributed by atoms with Crippen molar-refractivity contribution in [1.29, 1.82) is 0 Å². The molecule has 34 heavy (non-hydrogen) atoms. The van der Waals surface area contributed by atoms with E-state index in [-0.39, 0.29) is 28.9 Å². The minimum atomic E-state index is -4.37. The number of nitrogens with one attached hydrogen (secondary N) is 1. The van der Waals surface area contributed by atoms with Crippen molar-refractivity contribution < 1.29 is 27.1 Å². The maximum absolute atomic E-state index is 14.8. The van der Waals surface area contributed by atoms with Crippen LogP contribution < -0.4 is 19.1 Å². The number of carbonyl (C=O) groups excluding carboxylic acids is 1. The topological polar surface area (TPSA) is 84.9 Å². The summed E-state index contributed by atoms with van der Waals surface area (Å²) in [4.78, 5) is 12.9. The maximum atomic E-state index is 14.8. The third kappa shape index (κ3) is 4.91. The molecule has 0 aliphatic carbocycles. The third-order valence-corrected chi connectivity index (χ3v) is 7.54. The summed E-state index contributed by atoms with van der Waals surface area (Å²) in [5.41, 5.74) is 0.360. The van der Waals surface area contributed by atoms with Crippen molar-refractivity contribution in [3.05, 3.63) is 82.1 Å². The molecule has 1 heterocycles. The molecular weight excluding hydrogens is 506 g/mol. The zero-order valence-corrected chi connectivity index (χ0v) is 20.1. The number of benzene rings is 3. The van der Waals surface area contributed by atoms with Gasteiger partial charge in [-0.15, -0.1) is 0 Å². The molecule has 0 spiro atoms. The summed E-state index contributed by atoms with van der Waals surface area (Å²) in [7, 11) is -4.37. The van der Waals surface area contributed by atoms with Crippen LogP contribution in [0.2, 0.25) is 10.0 Å². The summed E-state index contributed by atoms with van der Waals surface area (Å²) in [6.07, 6.45) is 0. The second-order valence-corrected chi connectivity index (χ2v) is 10.1. The van der Waals surface area contributed by atoms with Crippen LogP contribution in [0.4, 0.5) is 10.1 Å². The van der Waals surface area contributed by atoms with Crippen LogP contribution in [0.25, 0.3) is 0 Å². The minimum Gasteiger partial charge on any atom is -0.454 e. The van der Waals surface area contributed by atoms with E-state index in [0.29, 0.717) is 26.4 Å². The number of hydrogen-bond acceptors (Lipinski definition) is 5. The Hall–Kier alpha value is -3.01. The summed E-state index contributed by atoms with van der Waals surface area (Å²) in [6.45, 7) is 1.57. The van der Waals surface area contributed by atoms with Crippen LogP contribution in [-0.4, -0.2) is 27.2 Å². The number of anilines is 1. The van der Waals surface area contributed by atoms with Gasteiger partial charge in [0.05, 0.1) is 10.6 Å². The Labute approximate surface area is 206 Å². The van der Waals surface area contributed by atoms with Gasteiger partial charge in [-0.2, -0.15) is 0 Å². The standard InChI is InChI=1S/C23H19Cl2FN2O5S/c1-14(23(29)27-12-15-2-9-21-22(10-15)33-13-32-21)28(20-11-17(25)5-8-19(20)26)34(30,31)18-6-3-16(24)4-7-18/h2-11,14H,12-13H2,1H3,(H,27,29). The Balaban J connectivity index is 1.64. The second-order valence-electron chi connectivity index (χ2n) is 7.43. The van der Waals surface area contributed by atoms with Crippen LogP contribution in [-0.2, 0) is 21.4 Å². The Morgan fingerprint density at radius 2 is 1.71 bits per heavy atom. The maximum Gasteiger partial charge on any atom is 0.265 e. The molecule has 1 amide bonds. The summed E-state index contributed by atoms with van der Waals surface area (Å²) < 4.78 is 53.1. The fourth-order valence-corrected chi connectivity index (χ4v) is 5.33. The molecule has 1 atom stereocenters. The number of rotatable bonds is 7.